The van der Waals surface area contributed by atoms with Crippen LogP contribution in [-0.4, -0.2) is 10.9 Å². The average Bonchev–Trinajstić information content (AvgIpc) is 2.60. The number of anilines is 1. The van der Waals surface area contributed by atoms with Gasteiger partial charge in [-0.1, -0.05) is 50.2 Å². The van der Waals surface area contributed by atoms with E-state index in [1.165, 1.54) is 0 Å². The van der Waals surface area contributed by atoms with Gasteiger partial charge in [-0.2, -0.15) is 0 Å². The van der Waals surface area contributed by atoms with E-state index < -0.39 is 0 Å². The number of nitrogens with one attached hydrogen (secondary N) is 2. The van der Waals surface area contributed by atoms with Crippen LogP contribution in [0.3, 0.4) is 0 Å². The van der Waals surface area contributed by atoms with Crippen molar-refractivity contribution in [1.29, 1.82) is 0 Å². The van der Waals surface area contributed by atoms with Gasteiger partial charge < -0.3 is 0 Å². The summed E-state index contributed by atoms with van der Waals surface area (Å²) >= 11 is 0. The molecule has 0 bridgehead atoms. The smallest absolute Gasteiger partial charge is 0.246 e. The summed E-state index contributed by atoms with van der Waals surface area (Å²) in [5.74, 6) is -0.0488. The first-order chi connectivity index (χ1) is 11.7. The van der Waals surface area contributed by atoms with E-state index in [9.17, 15) is 4.79 Å². The highest BCUT2D eigenvalue weighted by Gasteiger charge is 2.23. The Morgan fingerprint density at radius 3 is 2.50 bits per heavy atom. The van der Waals surface area contributed by atoms with Crippen molar-refractivity contribution >= 4 is 22.5 Å². The van der Waals surface area contributed by atoms with E-state index in [0.717, 1.165) is 22.2 Å². The van der Waals surface area contributed by atoms with Gasteiger partial charge in [0.15, 0.2) is 0 Å². The first kappa shape index (κ1) is 16.0. The van der Waals surface area contributed by atoms with Gasteiger partial charge >= 0.3 is 0 Å². The molecule has 0 aliphatic carbocycles. The Kier molecular flexibility index (Phi) is 4.75. The lowest BCUT2D eigenvalue weighted by Crippen LogP contribution is -2.36. The molecule has 24 heavy (non-hydrogen) atoms. The van der Waals surface area contributed by atoms with Gasteiger partial charge in [-0.25, -0.2) is 0 Å². The molecule has 0 radical (unpaired) electrons. The summed E-state index contributed by atoms with van der Waals surface area (Å²) in [7, 11) is 0. The Balaban J connectivity index is 1.78. The van der Waals surface area contributed by atoms with Crippen LogP contribution >= 0.6 is 0 Å². The molecule has 0 fully saturated rings. The number of carbonyl (C=O) groups excluding carboxylic acids is 1. The number of fused-ring (bicyclic) bond motifs is 1. The fourth-order valence-corrected chi connectivity index (χ4v) is 2.92. The van der Waals surface area contributed by atoms with Gasteiger partial charge in [0, 0.05) is 11.6 Å². The SMILES string of the molecule is CC(C)C(C(=O)NNc1cccc2ncccc12)c1ccccc1. The first-order valence-electron chi connectivity index (χ1n) is 8.11. The highest BCUT2D eigenvalue weighted by atomic mass is 16.2. The molecule has 1 heterocycles. The molecule has 1 atom stereocenters. The zero-order valence-corrected chi connectivity index (χ0v) is 13.9. The molecule has 3 rings (SSSR count). The van der Waals surface area contributed by atoms with E-state index in [2.05, 4.69) is 29.7 Å². The van der Waals surface area contributed by atoms with E-state index in [4.69, 9.17) is 0 Å². The van der Waals surface area contributed by atoms with E-state index in [1.807, 2.05) is 60.7 Å². The average molecular weight is 319 g/mol. The Bertz CT molecular complexity index is 825. The molecule has 1 aromatic heterocycles. The fraction of sp³-hybridized carbons (Fsp3) is 0.200. The van der Waals surface area contributed by atoms with E-state index in [1.54, 1.807) is 6.20 Å². The largest absolute Gasteiger partial charge is 0.298 e. The minimum Gasteiger partial charge on any atom is -0.298 e. The number of pyridine rings is 1. The maximum Gasteiger partial charge on any atom is 0.246 e. The van der Waals surface area contributed by atoms with Crippen molar-refractivity contribution in [3.8, 4) is 0 Å². The Morgan fingerprint density at radius 1 is 0.958 bits per heavy atom. The highest BCUT2D eigenvalue weighted by molar-refractivity contribution is 5.92. The quantitative estimate of drug-likeness (QED) is 0.696. The normalized spacial score (nSPS) is 12.1. The molecule has 0 saturated carbocycles. The molecule has 1 unspecified atom stereocenters. The number of nitrogens with zero attached hydrogens (tertiary/aromatic N) is 1. The Labute approximate surface area is 141 Å². The number of amides is 1. The fourth-order valence-electron chi connectivity index (χ4n) is 2.92. The van der Waals surface area contributed by atoms with Gasteiger partial charge in [0.2, 0.25) is 5.91 Å². The number of hydrogen-bond acceptors (Lipinski definition) is 3. The third-order valence-electron chi connectivity index (χ3n) is 4.07. The van der Waals surface area contributed by atoms with Crippen molar-refractivity contribution in [3.05, 3.63) is 72.4 Å². The summed E-state index contributed by atoms with van der Waals surface area (Å²) in [4.78, 5) is 17.0. The van der Waals surface area contributed by atoms with Crippen molar-refractivity contribution < 1.29 is 4.79 Å². The molecular formula is C20H21N3O. The monoisotopic (exact) mass is 319 g/mol. The molecule has 3 aromatic rings. The molecule has 0 aliphatic rings. The number of hydrogen-bond donors (Lipinski definition) is 2. The second-order valence-corrected chi connectivity index (χ2v) is 6.12. The van der Waals surface area contributed by atoms with Gasteiger partial charge in [-0.15, -0.1) is 0 Å². The number of rotatable bonds is 5. The third kappa shape index (κ3) is 3.38. The zero-order valence-electron chi connectivity index (χ0n) is 13.9. The van der Waals surface area contributed by atoms with Crippen LogP contribution in [-0.2, 0) is 4.79 Å². The molecule has 0 spiro atoms. The summed E-state index contributed by atoms with van der Waals surface area (Å²) in [6.45, 7) is 4.11. The molecule has 4 heteroatoms. The van der Waals surface area contributed by atoms with Gasteiger partial charge in [0.25, 0.3) is 0 Å². The summed E-state index contributed by atoms with van der Waals surface area (Å²) in [6, 6.07) is 19.5. The lowest BCUT2D eigenvalue weighted by Gasteiger charge is -2.21. The van der Waals surface area contributed by atoms with Gasteiger partial charge in [-0.3, -0.25) is 20.6 Å². The maximum absolute atomic E-state index is 12.7. The topological polar surface area (TPSA) is 54.0 Å². The minimum atomic E-state index is -0.202. The third-order valence-corrected chi connectivity index (χ3v) is 4.07. The van der Waals surface area contributed by atoms with Crippen molar-refractivity contribution in [2.75, 3.05) is 5.43 Å². The number of benzene rings is 2. The molecule has 1 amide bonds. The van der Waals surface area contributed by atoms with Gasteiger partial charge in [0.1, 0.15) is 0 Å². The maximum atomic E-state index is 12.7. The van der Waals surface area contributed by atoms with E-state index in [0.29, 0.717) is 0 Å². The minimum absolute atomic E-state index is 0.0444. The molecule has 2 N–H and O–H groups in total. The van der Waals surface area contributed by atoms with Crippen LogP contribution in [0, 0.1) is 5.92 Å². The van der Waals surface area contributed by atoms with Gasteiger partial charge in [0.05, 0.1) is 17.1 Å². The summed E-state index contributed by atoms with van der Waals surface area (Å²) in [6.07, 6.45) is 1.76. The van der Waals surface area contributed by atoms with Gasteiger partial charge in [-0.05, 0) is 35.7 Å². The van der Waals surface area contributed by atoms with Crippen LogP contribution in [0.1, 0.15) is 25.3 Å². The first-order valence-corrected chi connectivity index (χ1v) is 8.11. The summed E-state index contributed by atoms with van der Waals surface area (Å²) in [5.41, 5.74) is 8.65. The Morgan fingerprint density at radius 2 is 1.75 bits per heavy atom. The lowest BCUT2D eigenvalue weighted by atomic mass is 9.88. The second kappa shape index (κ2) is 7.13. The highest BCUT2D eigenvalue weighted by Crippen LogP contribution is 2.25. The molecular weight excluding hydrogens is 298 g/mol. The number of hydrazine groups is 1. The molecule has 2 aromatic carbocycles. The van der Waals surface area contributed by atoms with Crippen LogP contribution in [0.25, 0.3) is 10.9 Å². The lowest BCUT2D eigenvalue weighted by molar-refractivity contribution is -0.123. The predicted molar refractivity (Wildman–Crippen MR) is 97.5 cm³/mol. The standard InChI is InChI=1S/C20H21N3O/c1-14(2)19(15-8-4-3-5-9-15)20(24)23-22-18-12-6-11-17-16(18)10-7-13-21-17/h3-14,19,22H,1-2H3,(H,23,24). The number of carbonyl (C=O) groups is 1. The summed E-state index contributed by atoms with van der Waals surface area (Å²) < 4.78 is 0. The van der Waals surface area contributed by atoms with Crippen LogP contribution in [0.15, 0.2) is 66.9 Å². The molecule has 4 nitrogen and oxygen atoms in total. The summed E-state index contributed by atoms with van der Waals surface area (Å²) in [5, 5.41) is 0.973. The molecule has 0 saturated heterocycles. The van der Waals surface area contributed by atoms with Crippen LogP contribution in [0.5, 0.6) is 0 Å². The van der Waals surface area contributed by atoms with Crippen LogP contribution in [0.4, 0.5) is 5.69 Å². The van der Waals surface area contributed by atoms with Crippen LogP contribution in [0.2, 0.25) is 0 Å². The van der Waals surface area contributed by atoms with E-state index >= 15 is 0 Å². The molecule has 0 aliphatic heterocycles. The predicted octanol–water partition coefficient (Wildman–Crippen LogP) is 4.12. The van der Waals surface area contributed by atoms with Crippen molar-refractivity contribution in [1.82, 2.24) is 10.4 Å². The van der Waals surface area contributed by atoms with E-state index in [-0.39, 0.29) is 17.7 Å². The molecule has 122 valence electrons. The Hall–Kier alpha value is -2.88. The second-order valence-electron chi connectivity index (χ2n) is 6.12. The van der Waals surface area contributed by atoms with Crippen LogP contribution < -0.4 is 10.9 Å². The number of aromatic nitrogens is 1. The van der Waals surface area contributed by atoms with Crippen molar-refractivity contribution in [3.63, 3.8) is 0 Å². The zero-order chi connectivity index (χ0) is 16.9. The van der Waals surface area contributed by atoms with Crippen molar-refractivity contribution in [2.45, 2.75) is 19.8 Å². The van der Waals surface area contributed by atoms with Crippen molar-refractivity contribution in [2.24, 2.45) is 5.92 Å².